The van der Waals surface area contributed by atoms with Crippen molar-refractivity contribution in [3.63, 3.8) is 0 Å². The molecule has 0 unspecified atom stereocenters. The van der Waals surface area contributed by atoms with Crippen LogP contribution in [0.3, 0.4) is 0 Å². The molecule has 2 atom stereocenters. The lowest BCUT2D eigenvalue weighted by molar-refractivity contribution is -0.141. The number of phenols is 1. The van der Waals surface area contributed by atoms with Gasteiger partial charge in [0, 0.05) is 26.6 Å². The summed E-state index contributed by atoms with van der Waals surface area (Å²) < 4.78 is 18.7. The van der Waals surface area contributed by atoms with Crippen LogP contribution < -0.4 is 10.1 Å². The number of nitrogens with one attached hydrogen (secondary N) is 1. The highest BCUT2D eigenvalue weighted by atomic mass is 79.9. The molecular weight excluding hydrogens is 602 g/mol. The fourth-order valence-corrected chi connectivity index (χ4v) is 3.90. The molecule has 7 nitrogen and oxygen atoms in total. The number of carbonyl (C=O) groups excluding carboxylic acids is 2. The zero-order valence-corrected chi connectivity index (χ0v) is 22.5. The zero-order valence-electron chi connectivity index (χ0n) is 18.4. The van der Waals surface area contributed by atoms with Crippen LogP contribution in [0.1, 0.15) is 18.1 Å². The molecule has 0 bridgehead atoms. The smallest absolute Gasteiger partial charge is 0.412 e. The van der Waals surface area contributed by atoms with Crippen LogP contribution in [0.25, 0.3) is 0 Å². The molecule has 0 aliphatic heterocycles. The van der Waals surface area contributed by atoms with Crippen LogP contribution in [0, 0.1) is 0 Å². The van der Waals surface area contributed by atoms with Crippen molar-refractivity contribution < 1.29 is 28.9 Å². The molecule has 2 N–H and O–H groups in total. The van der Waals surface area contributed by atoms with Gasteiger partial charge in [0.1, 0.15) is 17.6 Å². The maximum Gasteiger partial charge on any atom is 0.412 e. The van der Waals surface area contributed by atoms with E-state index in [2.05, 4.69) is 49.8 Å². The predicted molar refractivity (Wildman–Crippen MR) is 143 cm³/mol. The Hall–Kier alpha value is -2.69. The monoisotopic (exact) mass is 623 g/mol. The highest BCUT2D eigenvalue weighted by molar-refractivity contribution is 9.10. The number of ether oxygens (including phenoxy) is 3. The van der Waals surface area contributed by atoms with Gasteiger partial charge in [-0.1, -0.05) is 50.1 Å². The van der Waals surface area contributed by atoms with E-state index in [4.69, 9.17) is 14.2 Å². The molecule has 0 radical (unpaired) electrons. The van der Waals surface area contributed by atoms with Gasteiger partial charge >= 0.3 is 12.1 Å². The minimum atomic E-state index is -1.04. The van der Waals surface area contributed by atoms with Gasteiger partial charge in [-0.05, 0) is 54.6 Å². The lowest BCUT2D eigenvalue weighted by atomic mass is 10.0. The first-order valence-corrected chi connectivity index (χ1v) is 12.8. The fraction of sp³-hybridized carbons (Fsp3) is 0.200. The minimum absolute atomic E-state index is 0.000149. The van der Waals surface area contributed by atoms with Gasteiger partial charge in [-0.15, -0.1) is 0 Å². The van der Waals surface area contributed by atoms with E-state index in [9.17, 15) is 14.7 Å². The van der Waals surface area contributed by atoms with Gasteiger partial charge in [-0.2, -0.15) is 12.6 Å². The SMILES string of the molecule is O=C(CS)OCC[C@@H](Oc1ccccc1)[C@H](OC(=O)Nc1ccc(Br)cc1)c1cc(Br)ccc1O. The number of carbonyl (C=O) groups is 2. The van der Waals surface area contributed by atoms with Crippen molar-refractivity contribution in [1.82, 2.24) is 0 Å². The molecule has 0 aliphatic carbocycles. The molecule has 0 spiro atoms. The largest absolute Gasteiger partial charge is 0.508 e. The summed E-state index contributed by atoms with van der Waals surface area (Å²) in [5, 5.41) is 13.3. The third-order valence-electron chi connectivity index (χ3n) is 4.78. The van der Waals surface area contributed by atoms with E-state index in [1.165, 1.54) is 6.07 Å². The quantitative estimate of drug-likeness (QED) is 0.176. The molecule has 0 aliphatic rings. The van der Waals surface area contributed by atoms with Gasteiger partial charge < -0.3 is 19.3 Å². The summed E-state index contributed by atoms with van der Waals surface area (Å²) in [5.41, 5.74) is 0.852. The van der Waals surface area contributed by atoms with E-state index in [1.54, 1.807) is 60.7 Å². The molecule has 0 saturated heterocycles. The second-order valence-corrected chi connectivity index (χ2v) is 9.45. The van der Waals surface area contributed by atoms with E-state index < -0.39 is 24.3 Å². The van der Waals surface area contributed by atoms with Crippen LogP contribution in [-0.4, -0.2) is 35.6 Å². The summed E-state index contributed by atoms with van der Waals surface area (Å²) in [6.45, 7) is -0.000149. The summed E-state index contributed by atoms with van der Waals surface area (Å²) in [7, 11) is 0. The summed E-state index contributed by atoms with van der Waals surface area (Å²) in [6.07, 6.45) is -2.42. The molecular formula is C25H23Br2NO6S. The Balaban J connectivity index is 1.90. The molecule has 3 aromatic rings. The molecule has 10 heteroatoms. The van der Waals surface area contributed by atoms with Gasteiger partial charge in [-0.3, -0.25) is 10.1 Å². The Morgan fingerprint density at radius 2 is 1.66 bits per heavy atom. The Kier molecular flexibility index (Phi) is 10.3. The molecule has 0 aromatic heterocycles. The maximum atomic E-state index is 12.9. The molecule has 3 aromatic carbocycles. The van der Waals surface area contributed by atoms with Crippen LogP contribution in [0.15, 0.2) is 81.7 Å². The number of para-hydroxylation sites is 1. The summed E-state index contributed by atoms with van der Waals surface area (Å²) in [5.74, 6) is -0.104. The lowest BCUT2D eigenvalue weighted by Crippen LogP contribution is -2.32. The highest BCUT2D eigenvalue weighted by Crippen LogP contribution is 2.35. The van der Waals surface area contributed by atoms with Crippen LogP contribution in [0.5, 0.6) is 11.5 Å². The standard InChI is InChI=1S/C25H23Br2NO6S/c26-16-6-9-18(10-7-16)28-25(31)34-24(20-14-17(27)8-11-21(20)29)22(12-13-32-23(30)15-35)33-19-4-2-1-3-5-19/h1-11,14,22,24,29,35H,12-13,15H2,(H,28,31)/t22-,24-/m1/s1. The van der Waals surface area contributed by atoms with Crippen LogP contribution >= 0.6 is 44.5 Å². The first-order valence-electron chi connectivity index (χ1n) is 10.6. The van der Waals surface area contributed by atoms with Crippen LogP contribution in [0.4, 0.5) is 10.5 Å². The first-order chi connectivity index (χ1) is 16.9. The normalized spacial score (nSPS) is 12.3. The van der Waals surface area contributed by atoms with Crippen molar-refractivity contribution in [2.24, 2.45) is 0 Å². The number of thiol groups is 1. The Bertz CT molecular complexity index is 1130. The van der Waals surface area contributed by atoms with E-state index in [-0.39, 0.29) is 24.5 Å². The Morgan fingerprint density at radius 3 is 2.34 bits per heavy atom. The van der Waals surface area contributed by atoms with Gasteiger partial charge in [0.15, 0.2) is 6.10 Å². The van der Waals surface area contributed by atoms with Gasteiger partial charge in [-0.25, -0.2) is 4.79 Å². The predicted octanol–water partition coefficient (Wildman–Crippen LogP) is 6.52. The van der Waals surface area contributed by atoms with E-state index >= 15 is 0 Å². The lowest BCUT2D eigenvalue weighted by Gasteiger charge is -2.29. The molecule has 1 amide bonds. The third kappa shape index (κ3) is 8.48. The summed E-state index contributed by atoms with van der Waals surface area (Å²) in [6, 6.07) is 20.8. The van der Waals surface area contributed by atoms with Crippen molar-refractivity contribution in [2.45, 2.75) is 18.6 Å². The van der Waals surface area contributed by atoms with Crippen molar-refractivity contribution in [3.05, 3.63) is 87.3 Å². The number of phenolic OH excluding ortho intramolecular Hbond substituents is 1. The average molecular weight is 625 g/mol. The molecule has 0 heterocycles. The second-order valence-electron chi connectivity index (χ2n) is 7.30. The van der Waals surface area contributed by atoms with Crippen molar-refractivity contribution in [3.8, 4) is 11.5 Å². The number of rotatable bonds is 10. The van der Waals surface area contributed by atoms with Crippen molar-refractivity contribution in [1.29, 1.82) is 0 Å². The maximum absolute atomic E-state index is 12.9. The number of anilines is 1. The van der Waals surface area contributed by atoms with Gasteiger partial charge in [0.2, 0.25) is 0 Å². The fourth-order valence-electron chi connectivity index (χ4n) is 3.17. The van der Waals surface area contributed by atoms with Gasteiger partial charge in [0.25, 0.3) is 0 Å². The Labute approximate surface area is 225 Å². The topological polar surface area (TPSA) is 94.1 Å². The van der Waals surface area contributed by atoms with E-state index in [1.807, 2.05) is 6.07 Å². The van der Waals surface area contributed by atoms with Crippen LogP contribution in [-0.2, 0) is 14.3 Å². The highest BCUT2D eigenvalue weighted by Gasteiger charge is 2.32. The molecule has 0 saturated carbocycles. The molecule has 0 fully saturated rings. The van der Waals surface area contributed by atoms with Gasteiger partial charge in [0.05, 0.1) is 12.4 Å². The molecule has 3 rings (SSSR count). The summed E-state index contributed by atoms with van der Waals surface area (Å²) in [4.78, 5) is 24.5. The van der Waals surface area contributed by atoms with E-state index in [0.29, 0.717) is 21.5 Å². The number of hydrogen-bond donors (Lipinski definition) is 3. The van der Waals surface area contributed by atoms with E-state index in [0.717, 1.165) is 4.47 Å². The number of aromatic hydroxyl groups is 1. The minimum Gasteiger partial charge on any atom is -0.508 e. The zero-order chi connectivity index (χ0) is 25.2. The Morgan fingerprint density at radius 1 is 0.971 bits per heavy atom. The second kappa shape index (κ2) is 13.4. The van der Waals surface area contributed by atoms with Crippen molar-refractivity contribution >= 4 is 62.2 Å². The number of esters is 1. The third-order valence-corrected chi connectivity index (χ3v) is 6.06. The van der Waals surface area contributed by atoms with Crippen LogP contribution in [0.2, 0.25) is 0 Å². The molecule has 35 heavy (non-hydrogen) atoms. The average Bonchev–Trinajstić information content (AvgIpc) is 2.85. The first kappa shape index (κ1) is 26.9. The number of amides is 1. The van der Waals surface area contributed by atoms with Crippen molar-refractivity contribution in [2.75, 3.05) is 17.7 Å². The number of benzene rings is 3. The summed E-state index contributed by atoms with van der Waals surface area (Å²) >= 11 is 10.7. The molecule has 184 valence electrons. The number of halogens is 2. The number of hydrogen-bond acceptors (Lipinski definition) is 7.